The third-order valence-corrected chi connectivity index (χ3v) is 9.94. The Morgan fingerprint density at radius 1 is 0.574 bits per heavy atom. The topological polar surface area (TPSA) is 186 Å². The third kappa shape index (κ3) is 31.8. The quantitative estimate of drug-likeness (QED) is 0.0159. The minimum absolute atomic E-state index is 0.105. The van der Waals surface area contributed by atoms with E-state index in [1.165, 1.54) is 0 Å². The van der Waals surface area contributed by atoms with Crippen molar-refractivity contribution in [1.29, 1.82) is 0 Å². The predicted molar refractivity (Wildman–Crippen MR) is 242 cm³/mol. The van der Waals surface area contributed by atoms with E-state index in [1.807, 2.05) is 36.5 Å². The van der Waals surface area contributed by atoms with Gasteiger partial charge in [0, 0.05) is 12.8 Å². The van der Waals surface area contributed by atoms with Crippen molar-refractivity contribution in [3.63, 3.8) is 0 Å². The van der Waals surface area contributed by atoms with Crippen LogP contribution in [0.1, 0.15) is 123 Å². The van der Waals surface area contributed by atoms with Crippen LogP contribution in [-0.2, 0) is 38.7 Å². The van der Waals surface area contributed by atoms with Crippen LogP contribution < -0.4 is 0 Å². The minimum Gasteiger partial charge on any atom is -0.462 e. The lowest BCUT2D eigenvalue weighted by molar-refractivity contribution is -0.297. The third-order valence-electron chi connectivity index (χ3n) is 9.19. The summed E-state index contributed by atoms with van der Waals surface area (Å²) in [7, 11) is -4.62. The molecule has 1 heterocycles. The Bertz CT molecular complexity index is 1540. The molecule has 3 unspecified atom stereocenters. The Labute approximate surface area is 365 Å². The minimum atomic E-state index is -4.62. The molecule has 0 radical (unpaired) electrons. The van der Waals surface area contributed by atoms with Gasteiger partial charge in [0.1, 0.15) is 36.8 Å². The van der Waals surface area contributed by atoms with Crippen molar-refractivity contribution >= 4 is 22.1 Å². The molecule has 61 heavy (non-hydrogen) atoms. The lowest BCUT2D eigenvalue weighted by atomic mass is 10.00. The van der Waals surface area contributed by atoms with Crippen LogP contribution in [0.2, 0.25) is 0 Å². The summed E-state index contributed by atoms with van der Waals surface area (Å²) >= 11 is 0. The van der Waals surface area contributed by atoms with E-state index in [0.717, 1.165) is 83.5 Å². The SMILES string of the molecule is CC/C=C/C=C/C=C/C=C/CCCCCC(=O)OC(COC(=O)CCCCCC/C=C/C/C=C/C/C=C/C/C=C/C/C=C/CC)CO[C@H]1O[C@H](CS(=O)(=O)O)[C@@H](O)C(O)C1O. The number of hydrogen-bond acceptors (Lipinski definition) is 11. The fraction of sp³-hybridized carbons (Fsp3) is 0.583. The maximum absolute atomic E-state index is 12.8. The molecule has 344 valence electrons. The molecule has 0 aliphatic carbocycles. The molecule has 13 heteroatoms. The molecule has 0 aromatic carbocycles. The molecule has 1 rings (SSSR count). The summed E-state index contributed by atoms with van der Waals surface area (Å²) in [6, 6.07) is 0. The fourth-order valence-corrected chi connectivity index (χ4v) is 6.52. The van der Waals surface area contributed by atoms with Crippen molar-refractivity contribution < 1.29 is 56.8 Å². The molecule has 0 saturated carbocycles. The zero-order valence-electron chi connectivity index (χ0n) is 36.5. The van der Waals surface area contributed by atoms with Crippen LogP contribution >= 0.6 is 0 Å². The number of hydrogen-bond donors (Lipinski definition) is 4. The van der Waals surface area contributed by atoms with Crippen LogP contribution in [0.3, 0.4) is 0 Å². The van der Waals surface area contributed by atoms with Crippen LogP contribution in [0.5, 0.6) is 0 Å². The van der Waals surface area contributed by atoms with E-state index in [1.54, 1.807) is 0 Å². The molecular weight excluding hydrogens is 801 g/mol. The molecule has 6 atom stereocenters. The van der Waals surface area contributed by atoms with Gasteiger partial charge in [-0.05, 0) is 77.0 Å². The van der Waals surface area contributed by atoms with Crippen molar-refractivity contribution in [2.45, 2.75) is 160 Å². The Morgan fingerprint density at radius 2 is 1.07 bits per heavy atom. The van der Waals surface area contributed by atoms with Crippen molar-refractivity contribution in [2.24, 2.45) is 0 Å². The van der Waals surface area contributed by atoms with E-state index in [2.05, 4.69) is 86.8 Å². The molecule has 1 aliphatic heterocycles. The average Bonchev–Trinajstić information content (AvgIpc) is 3.22. The van der Waals surface area contributed by atoms with Crippen LogP contribution in [-0.4, -0.2) is 96.0 Å². The number of unbranched alkanes of at least 4 members (excludes halogenated alkanes) is 7. The molecule has 0 aromatic rings. The van der Waals surface area contributed by atoms with Gasteiger partial charge in [0.15, 0.2) is 12.4 Å². The summed E-state index contributed by atoms with van der Waals surface area (Å²) in [5.41, 5.74) is 0. The Hall–Kier alpha value is -3.69. The lowest BCUT2D eigenvalue weighted by Crippen LogP contribution is -2.60. The number of carbonyl (C=O) groups excluding carboxylic acids is 2. The van der Waals surface area contributed by atoms with Crippen molar-refractivity contribution in [3.05, 3.63) is 109 Å². The average molecular weight is 875 g/mol. The number of aliphatic hydroxyl groups is 3. The van der Waals surface area contributed by atoms with E-state index in [-0.39, 0.29) is 19.4 Å². The number of esters is 2. The predicted octanol–water partition coefficient (Wildman–Crippen LogP) is 8.83. The molecular formula is C48H74O12S. The Morgan fingerprint density at radius 3 is 1.66 bits per heavy atom. The molecule has 1 aliphatic rings. The van der Waals surface area contributed by atoms with E-state index in [4.69, 9.17) is 18.9 Å². The first-order valence-electron chi connectivity index (χ1n) is 22.0. The molecule has 1 fully saturated rings. The number of ether oxygens (including phenoxy) is 4. The maximum atomic E-state index is 12.8. The standard InChI is InChI=1S/C48H74O12S/c1-3-5-7-9-11-13-15-17-18-19-20-21-22-23-25-26-28-30-32-34-36-43(49)57-38-41(39-58-48-47(53)46(52)45(51)42(60-48)40-61(54,55)56)59-44(50)37-35-33-31-29-27-24-16-14-12-10-8-6-4-2/h5-8,10-14,16-18,20-21,23-25,27,41-42,45-48,51-53H,3-4,9,15,19,22,26,28-40H2,1-2H3,(H,54,55,56)/b7-5+,8-6+,12-10+,13-11+,16-14+,18-17+,21-20+,25-23+,27-24+/t41?,42-,45-,46?,47?,48+/m1/s1. The Kier molecular flexibility index (Phi) is 33.5. The largest absolute Gasteiger partial charge is 0.462 e. The Balaban J connectivity index is 2.49. The molecule has 0 bridgehead atoms. The van der Waals surface area contributed by atoms with E-state index < -0.39 is 71.2 Å². The fourth-order valence-electron chi connectivity index (χ4n) is 5.83. The highest BCUT2D eigenvalue weighted by Crippen LogP contribution is 2.24. The number of aliphatic hydroxyl groups excluding tert-OH is 3. The summed E-state index contributed by atoms with van der Waals surface area (Å²) in [5.74, 6) is -2.09. The van der Waals surface area contributed by atoms with Gasteiger partial charge in [-0.15, -0.1) is 0 Å². The zero-order valence-corrected chi connectivity index (χ0v) is 37.3. The monoisotopic (exact) mass is 874 g/mol. The van der Waals surface area contributed by atoms with Crippen LogP contribution in [0.4, 0.5) is 0 Å². The van der Waals surface area contributed by atoms with Gasteiger partial charge in [-0.3, -0.25) is 14.1 Å². The number of rotatable bonds is 34. The summed E-state index contributed by atoms with van der Waals surface area (Å²) < 4.78 is 53.9. The second kappa shape index (κ2) is 36.9. The van der Waals surface area contributed by atoms with E-state index >= 15 is 0 Å². The van der Waals surface area contributed by atoms with Gasteiger partial charge in [0.2, 0.25) is 0 Å². The summed E-state index contributed by atoms with van der Waals surface area (Å²) in [5, 5.41) is 30.9. The summed E-state index contributed by atoms with van der Waals surface area (Å²) in [6.07, 6.45) is 41.4. The van der Waals surface area contributed by atoms with Gasteiger partial charge in [0.05, 0.1) is 6.61 Å². The highest BCUT2D eigenvalue weighted by atomic mass is 32.2. The van der Waals surface area contributed by atoms with Crippen molar-refractivity contribution in [3.8, 4) is 0 Å². The van der Waals surface area contributed by atoms with Gasteiger partial charge in [-0.2, -0.15) is 8.42 Å². The van der Waals surface area contributed by atoms with Crippen LogP contribution in [0, 0.1) is 0 Å². The van der Waals surface area contributed by atoms with Gasteiger partial charge < -0.3 is 34.3 Å². The highest BCUT2D eigenvalue weighted by Gasteiger charge is 2.46. The zero-order chi connectivity index (χ0) is 44.8. The van der Waals surface area contributed by atoms with E-state index in [0.29, 0.717) is 12.8 Å². The van der Waals surface area contributed by atoms with Crippen molar-refractivity contribution in [1.82, 2.24) is 0 Å². The van der Waals surface area contributed by atoms with Gasteiger partial charge in [0.25, 0.3) is 10.1 Å². The second-order valence-electron chi connectivity index (χ2n) is 14.7. The van der Waals surface area contributed by atoms with E-state index in [9.17, 15) is 37.9 Å². The summed E-state index contributed by atoms with van der Waals surface area (Å²) in [6.45, 7) is 3.42. The first-order valence-corrected chi connectivity index (χ1v) is 23.6. The molecule has 12 nitrogen and oxygen atoms in total. The maximum Gasteiger partial charge on any atom is 0.306 e. The van der Waals surface area contributed by atoms with Gasteiger partial charge in [-0.1, -0.05) is 142 Å². The highest BCUT2D eigenvalue weighted by molar-refractivity contribution is 7.85. The molecule has 0 aromatic heterocycles. The lowest BCUT2D eigenvalue weighted by Gasteiger charge is -2.40. The first-order chi connectivity index (χ1) is 29.5. The summed E-state index contributed by atoms with van der Waals surface area (Å²) in [4.78, 5) is 25.4. The first kappa shape index (κ1) is 55.3. The van der Waals surface area contributed by atoms with Crippen LogP contribution in [0.15, 0.2) is 109 Å². The van der Waals surface area contributed by atoms with Gasteiger partial charge in [-0.25, -0.2) is 0 Å². The van der Waals surface area contributed by atoms with Gasteiger partial charge >= 0.3 is 11.9 Å². The normalized spacial score (nSPS) is 21.0. The number of allylic oxidation sites excluding steroid dienone is 18. The second-order valence-corrected chi connectivity index (χ2v) is 16.2. The molecule has 1 saturated heterocycles. The number of carbonyl (C=O) groups is 2. The van der Waals surface area contributed by atoms with Crippen LogP contribution in [0.25, 0.3) is 0 Å². The molecule has 0 spiro atoms. The molecule has 4 N–H and O–H groups in total. The molecule has 0 amide bonds. The van der Waals surface area contributed by atoms with Crippen molar-refractivity contribution in [2.75, 3.05) is 19.0 Å². The smallest absolute Gasteiger partial charge is 0.306 e.